The van der Waals surface area contributed by atoms with Crippen molar-refractivity contribution in [2.75, 3.05) is 31.3 Å². The van der Waals surface area contributed by atoms with E-state index in [4.69, 9.17) is 9.47 Å². The zero-order chi connectivity index (χ0) is 15.6. The third-order valence-electron chi connectivity index (χ3n) is 3.89. The molecule has 1 aromatic rings. The molecule has 0 bridgehead atoms. The molecule has 1 aromatic carbocycles. The number of amides is 1. The fraction of sp³-hybridized carbons (Fsp3) is 0.533. The van der Waals surface area contributed by atoms with E-state index in [9.17, 15) is 13.2 Å². The van der Waals surface area contributed by atoms with E-state index < -0.39 is 9.84 Å². The molecular weight excluding hydrogens is 306 g/mol. The van der Waals surface area contributed by atoms with Crippen molar-refractivity contribution in [3.8, 4) is 11.5 Å². The van der Waals surface area contributed by atoms with E-state index in [0.29, 0.717) is 37.7 Å². The molecule has 0 aliphatic carbocycles. The summed E-state index contributed by atoms with van der Waals surface area (Å²) in [6, 6.07) is 5.46. The second-order valence-electron chi connectivity index (χ2n) is 5.73. The summed E-state index contributed by atoms with van der Waals surface area (Å²) in [7, 11) is -2.89. The van der Waals surface area contributed by atoms with Crippen LogP contribution in [0.15, 0.2) is 18.2 Å². The molecule has 1 saturated heterocycles. The molecule has 7 heteroatoms. The molecular formula is C15H19NO5S. The standard InChI is InChI=1S/C15H19NO5S/c17-15(16-9-12-3-6-22(18,19)10-12)8-11-1-2-13-14(7-11)21-5-4-20-13/h1-2,7,12H,3-6,8-10H2,(H,16,17). The lowest BCUT2D eigenvalue weighted by molar-refractivity contribution is -0.120. The van der Waals surface area contributed by atoms with Gasteiger partial charge in [-0.15, -0.1) is 0 Å². The van der Waals surface area contributed by atoms with Crippen molar-refractivity contribution < 1.29 is 22.7 Å². The predicted molar refractivity (Wildman–Crippen MR) is 80.9 cm³/mol. The quantitative estimate of drug-likeness (QED) is 0.874. The van der Waals surface area contributed by atoms with E-state index in [1.807, 2.05) is 12.1 Å². The van der Waals surface area contributed by atoms with E-state index in [1.165, 1.54) is 0 Å². The number of rotatable bonds is 4. The molecule has 3 rings (SSSR count). The number of carbonyl (C=O) groups is 1. The van der Waals surface area contributed by atoms with Crippen LogP contribution in [0.4, 0.5) is 0 Å². The van der Waals surface area contributed by atoms with Gasteiger partial charge in [0.05, 0.1) is 17.9 Å². The van der Waals surface area contributed by atoms with Crippen molar-refractivity contribution in [2.45, 2.75) is 12.8 Å². The molecule has 2 aliphatic rings. The zero-order valence-electron chi connectivity index (χ0n) is 12.2. The molecule has 1 N–H and O–H groups in total. The molecule has 0 saturated carbocycles. The molecule has 1 fully saturated rings. The third-order valence-corrected chi connectivity index (χ3v) is 5.72. The maximum Gasteiger partial charge on any atom is 0.224 e. The lowest BCUT2D eigenvalue weighted by atomic mass is 10.1. The Morgan fingerprint density at radius 2 is 2.00 bits per heavy atom. The Balaban J connectivity index is 1.51. The van der Waals surface area contributed by atoms with Gasteiger partial charge in [0.15, 0.2) is 21.3 Å². The summed E-state index contributed by atoms with van der Waals surface area (Å²) in [5, 5.41) is 2.82. The van der Waals surface area contributed by atoms with Gasteiger partial charge in [0.1, 0.15) is 13.2 Å². The van der Waals surface area contributed by atoms with Crippen LogP contribution in [0, 0.1) is 5.92 Å². The molecule has 22 heavy (non-hydrogen) atoms. The van der Waals surface area contributed by atoms with Crippen molar-refractivity contribution >= 4 is 15.7 Å². The van der Waals surface area contributed by atoms with Crippen LogP contribution >= 0.6 is 0 Å². The molecule has 1 atom stereocenters. The van der Waals surface area contributed by atoms with E-state index in [-0.39, 0.29) is 29.8 Å². The first-order valence-electron chi connectivity index (χ1n) is 7.37. The minimum Gasteiger partial charge on any atom is -0.486 e. The van der Waals surface area contributed by atoms with E-state index >= 15 is 0 Å². The van der Waals surface area contributed by atoms with E-state index in [0.717, 1.165) is 5.56 Å². The lowest BCUT2D eigenvalue weighted by Gasteiger charge is -2.18. The Labute approximate surface area is 129 Å². The fourth-order valence-electron chi connectivity index (χ4n) is 2.74. The summed E-state index contributed by atoms with van der Waals surface area (Å²) < 4.78 is 33.7. The SMILES string of the molecule is O=C(Cc1ccc2c(c1)OCCO2)NCC1CCS(=O)(=O)C1. The van der Waals surface area contributed by atoms with Crippen LogP contribution in [0.2, 0.25) is 0 Å². The molecule has 0 radical (unpaired) electrons. The monoisotopic (exact) mass is 325 g/mol. The molecule has 1 unspecified atom stereocenters. The van der Waals surface area contributed by atoms with Crippen LogP contribution in [0.3, 0.4) is 0 Å². The maximum atomic E-state index is 12.0. The number of benzene rings is 1. The number of ether oxygens (including phenoxy) is 2. The Morgan fingerprint density at radius 3 is 2.73 bits per heavy atom. The highest BCUT2D eigenvalue weighted by Gasteiger charge is 2.27. The summed E-state index contributed by atoms with van der Waals surface area (Å²) in [4.78, 5) is 12.0. The number of sulfone groups is 1. The normalized spacial score (nSPS) is 22.3. The summed E-state index contributed by atoms with van der Waals surface area (Å²) in [5.41, 5.74) is 0.848. The molecule has 120 valence electrons. The summed E-state index contributed by atoms with van der Waals surface area (Å²) in [6.07, 6.45) is 0.878. The Hall–Kier alpha value is -1.76. The topological polar surface area (TPSA) is 81.7 Å². The number of carbonyl (C=O) groups excluding carboxylic acids is 1. The van der Waals surface area contributed by atoms with Gasteiger partial charge < -0.3 is 14.8 Å². The summed E-state index contributed by atoms with van der Waals surface area (Å²) in [5.74, 6) is 1.70. The highest BCUT2D eigenvalue weighted by molar-refractivity contribution is 7.91. The minimum absolute atomic E-state index is 0.0363. The smallest absolute Gasteiger partial charge is 0.224 e. The van der Waals surface area contributed by atoms with E-state index in [1.54, 1.807) is 6.07 Å². The Morgan fingerprint density at radius 1 is 1.23 bits per heavy atom. The van der Waals surface area contributed by atoms with Gasteiger partial charge in [-0.3, -0.25) is 4.79 Å². The van der Waals surface area contributed by atoms with Gasteiger partial charge in [-0.2, -0.15) is 0 Å². The first kappa shape index (κ1) is 15.1. The second-order valence-corrected chi connectivity index (χ2v) is 7.96. The van der Waals surface area contributed by atoms with Crippen molar-refractivity contribution in [2.24, 2.45) is 5.92 Å². The Bertz CT molecular complexity index is 671. The molecule has 2 heterocycles. The highest BCUT2D eigenvalue weighted by Crippen LogP contribution is 2.30. The van der Waals surface area contributed by atoms with Crippen LogP contribution in [-0.4, -0.2) is 45.6 Å². The average Bonchev–Trinajstić information content (AvgIpc) is 2.84. The van der Waals surface area contributed by atoms with Crippen molar-refractivity contribution in [3.63, 3.8) is 0 Å². The van der Waals surface area contributed by atoms with Crippen molar-refractivity contribution in [3.05, 3.63) is 23.8 Å². The van der Waals surface area contributed by atoms with Gasteiger partial charge >= 0.3 is 0 Å². The van der Waals surface area contributed by atoms with Gasteiger partial charge in [-0.05, 0) is 30.0 Å². The second kappa shape index (κ2) is 6.16. The highest BCUT2D eigenvalue weighted by atomic mass is 32.2. The number of fused-ring (bicyclic) bond motifs is 1. The van der Waals surface area contributed by atoms with E-state index in [2.05, 4.69) is 5.32 Å². The average molecular weight is 325 g/mol. The first-order valence-corrected chi connectivity index (χ1v) is 9.20. The van der Waals surface area contributed by atoms with Crippen LogP contribution in [0.1, 0.15) is 12.0 Å². The van der Waals surface area contributed by atoms with Gasteiger partial charge in [-0.1, -0.05) is 6.07 Å². The number of nitrogens with one attached hydrogen (secondary N) is 1. The van der Waals surface area contributed by atoms with Crippen molar-refractivity contribution in [1.29, 1.82) is 0 Å². The molecule has 2 aliphatic heterocycles. The van der Waals surface area contributed by atoms with Gasteiger partial charge in [-0.25, -0.2) is 8.42 Å². The van der Waals surface area contributed by atoms with Crippen LogP contribution < -0.4 is 14.8 Å². The lowest BCUT2D eigenvalue weighted by Crippen LogP contribution is -2.31. The van der Waals surface area contributed by atoms with Gasteiger partial charge in [0, 0.05) is 6.54 Å². The Kier molecular flexibility index (Phi) is 4.24. The molecule has 1 amide bonds. The maximum absolute atomic E-state index is 12.0. The fourth-order valence-corrected chi connectivity index (χ4v) is 4.60. The van der Waals surface area contributed by atoms with Gasteiger partial charge in [0.25, 0.3) is 0 Å². The summed E-state index contributed by atoms with van der Waals surface area (Å²) in [6.45, 7) is 1.47. The molecule has 0 spiro atoms. The van der Waals surface area contributed by atoms with Crippen LogP contribution in [-0.2, 0) is 21.1 Å². The molecule has 6 nitrogen and oxygen atoms in total. The predicted octanol–water partition coefficient (Wildman–Crippen LogP) is 0.551. The van der Waals surface area contributed by atoms with Crippen LogP contribution in [0.25, 0.3) is 0 Å². The van der Waals surface area contributed by atoms with Crippen molar-refractivity contribution in [1.82, 2.24) is 5.32 Å². The molecule has 0 aromatic heterocycles. The minimum atomic E-state index is -2.89. The van der Waals surface area contributed by atoms with Crippen LogP contribution in [0.5, 0.6) is 11.5 Å². The first-order chi connectivity index (χ1) is 10.5. The number of hydrogen-bond donors (Lipinski definition) is 1. The van der Waals surface area contributed by atoms with Gasteiger partial charge in [0.2, 0.25) is 5.91 Å². The zero-order valence-corrected chi connectivity index (χ0v) is 13.0. The largest absolute Gasteiger partial charge is 0.486 e. The third kappa shape index (κ3) is 3.71. The number of hydrogen-bond acceptors (Lipinski definition) is 5. The summed E-state index contributed by atoms with van der Waals surface area (Å²) >= 11 is 0.